The summed E-state index contributed by atoms with van der Waals surface area (Å²) in [5.41, 5.74) is 1.91. The lowest BCUT2D eigenvalue weighted by molar-refractivity contribution is -0.129. The van der Waals surface area contributed by atoms with Crippen molar-refractivity contribution in [2.24, 2.45) is 0 Å². The molecular formula is C17H23N3O2. The van der Waals surface area contributed by atoms with Crippen molar-refractivity contribution in [1.82, 2.24) is 10.6 Å². The fraction of sp³-hybridized carbons (Fsp3) is 0.529. The Balaban J connectivity index is 1.56. The van der Waals surface area contributed by atoms with Gasteiger partial charge in [0.1, 0.15) is 0 Å². The molecule has 5 heteroatoms. The molecule has 2 aliphatic rings. The summed E-state index contributed by atoms with van der Waals surface area (Å²) in [6.45, 7) is 2.00. The van der Waals surface area contributed by atoms with Crippen molar-refractivity contribution >= 4 is 17.5 Å². The molecule has 5 nitrogen and oxygen atoms in total. The van der Waals surface area contributed by atoms with Crippen molar-refractivity contribution in [2.75, 3.05) is 5.32 Å². The van der Waals surface area contributed by atoms with Crippen LogP contribution in [0.3, 0.4) is 0 Å². The first-order valence-electron chi connectivity index (χ1n) is 8.05. The highest BCUT2D eigenvalue weighted by Crippen LogP contribution is 2.22. The van der Waals surface area contributed by atoms with Crippen LogP contribution in [0.4, 0.5) is 5.69 Å². The van der Waals surface area contributed by atoms with E-state index in [0.29, 0.717) is 6.04 Å². The smallest absolute Gasteiger partial charge is 0.237 e. The lowest BCUT2D eigenvalue weighted by Crippen LogP contribution is -2.65. The maximum Gasteiger partial charge on any atom is 0.237 e. The van der Waals surface area contributed by atoms with Crippen LogP contribution in [0.25, 0.3) is 0 Å². The predicted octanol–water partition coefficient (Wildman–Crippen LogP) is 1.72. The fourth-order valence-corrected chi connectivity index (χ4v) is 3.31. The van der Waals surface area contributed by atoms with Gasteiger partial charge in [-0.15, -0.1) is 0 Å². The number of benzene rings is 1. The van der Waals surface area contributed by atoms with Gasteiger partial charge < -0.3 is 16.0 Å². The first-order chi connectivity index (χ1) is 10.6. The van der Waals surface area contributed by atoms with Gasteiger partial charge in [0.25, 0.3) is 0 Å². The molecule has 118 valence electrons. The van der Waals surface area contributed by atoms with E-state index in [0.717, 1.165) is 24.1 Å². The number of anilines is 1. The van der Waals surface area contributed by atoms with E-state index in [1.807, 2.05) is 31.2 Å². The third-order valence-corrected chi connectivity index (χ3v) is 4.55. The zero-order chi connectivity index (χ0) is 15.5. The van der Waals surface area contributed by atoms with Crippen LogP contribution >= 0.6 is 0 Å². The molecule has 1 aromatic rings. The Morgan fingerprint density at radius 2 is 1.86 bits per heavy atom. The Hall–Kier alpha value is -1.88. The van der Waals surface area contributed by atoms with E-state index < -0.39 is 6.04 Å². The second-order valence-electron chi connectivity index (χ2n) is 6.34. The molecule has 1 aliphatic carbocycles. The number of nitrogens with one attached hydrogen (secondary N) is 3. The highest BCUT2D eigenvalue weighted by molar-refractivity contribution is 5.95. The van der Waals surface area contributed by atoms with Crippen LogP contribution in [0.2, 0.25) is 0 Å². The van der Waals surface area contributed by atoms with Crippen molar-refractivity contribution < 1.29 is 9.59 Å². The third-order valence-electron chi connectivity index (χ3n) is 4.55. The molecule has 1 heterocycles. The van der Waals surface area contributed by atoms with Gasteiger partial charge in [0, 0.05) is 17.8 Å². The minimum atomic E-state index is -0.426. The van der Waals surface area contributed by atoms with Gasteiger partial charge >= 0.3 is 0 Å². The molecule has 3 rings (SSSR count). The predicted molar refractivity (Wildman–Crippen MR) is 85.5 cm³/mol. The molecular weight excluding hydrogens is 278 g/mol. The third kappa shape index (κ3) is 3.47. The molecule has 0 aromatic heterocycles. The minimum Gasteiger partial charge on any atom is -0.350 e. The molecule has 2 fully saturated rings. The maximum absolute atomic E-state index is 12.1. The normalized spacial score (nSPS) is 27.7. The van der Waals surface area contributed by atoms with Crippen LogP contribution < -0.4 is 16.0 Å². The van der Waals surface area contributed by atoms with Crippen LogP contribution in [0, 0.1) is 6.92 Å². The van der Waals surface area contributed by atoms with Crippen molar-refractivity contribution in [3.63, 3.8) is 0 Å². The summed E-state index contributed by atoms with van der Waals surface area (Å²) in [6.07, 6.45) is 4.63. The van der Waals surface area contributed by atoms with Gasteiger partial charge in [-0.2, -0.15) is 0 Å². The monoisotopic (exact) mass is 301 g/mol. The molecule has 3 atom stereocenters. The Kier molecular flexibility index (Phi) is 4.43. The van der Waals surface area contributed by atoms with E-state index in [1.54, 1.807) is 0 Å². The summed E-state index contributed by atoms with van der Waals surface area (Å²) in [4.78, 5) is 24.3. The van der Waals surface area contributed by atoms with E-state index in [9.17, 15) is 9.59 Å². The lowest BCUT2D eigenvalue weighted by Gasteiger charge is -2.40. The number of hydrogen-bond acceptors (Lipinski definition) is 3. The SMILES string of the molecule is Cc1ccc(NC(=O)C[C@H]2N[C@H]3CCCC[C@H]3NC2=O)cc1. The molecule has 0 spiro atoms. The molecule has 1 aliphatic heterocycles. The van der Waals surface area contributed by atoms with Gasteiger partial charge in [-0.1, -0.05) is 30.5 Å². The Morgan fingerprint density at radius 3 is 2.59 bits per heavy atom. The maximum atomic E-state index is 12.1. The molecule has 0 radical (unpaired) electrons. The second-order valence-corrected chi connectivity index (χ2v) is 6.34. The highest BCUT2D eigenvalue weighted by atomic mass is 16.2. The molecule has 1 saturated carbocycles. The van der Waals surface area contributed by atoms with E-state index in [4.69, 9.17) is 0 Å². The number of carbonyl (C=O) groups is 2. The zero-order valence-corrected chi connectivity index (χ0v) is 12.9. The average Bonchev–Trinajstić information content (AvgIpc) is 2.50. The highest BCUT2D eigenvalue weighted by Gasteiger charge is 2.36. The van der Waals surface area contributed by atoms with Crippen molar-refractivity contribution in [1.29, 1.82) is 0 Å². The van der Waals surface area contributed by atoms with E-state index in [-0.39, 0.29) is 24.3 Å². The number of fused-ring (bicyclic) bond motifs is 1. The van der Waals surface area contributed by atoms with Crippen LogP contribution in [0.1, 0.15) is 37.7 Å². The Morgan fingerprint density at radius 1 is 1.18 bits per heavy atom. The summed E-state index contributed by atoms with van der Waals surface area (Å²) in [5, 5.41) is 9.27. The number of rotatable bonds is 3. The van der Waals surface area contributed by atoms with Gasteiger partial charge in [0.2, 0.25) is 11.8 Å². The second kappa shape index (κ2) is 6.48. The lowest BCUT2D eigenvalue weighted by atomic mass is 9.87. The number of aryl methyl sites for hydroxylation is 1. The molecule has 0 unspecified atom stereocenters. The summed E-state index contributed by atoms with van der Waals surface area (Å²) < 4.78 is 0. The quantitative estimate of drug-likeness (QED) is 0.796. The van der Waals surface area contributed by atoms with Crippen LogP contribution in [0.5, 0.6) is 0 Å². The number of piperazine rings is 1. The van der Waals surface area contributed by atoms with Gasteiger partial charge in [-0.05, 0) is 31.9 Å². The zero-order valence-electron chi connectivity index (χ0n) is 12.9. The van der Waals surface area contributed by atoms with Crippen molar-refractivity contribution in [2.45, 2.75) is 57.2 Å². The van der Waals surface area contributed by atoms with Gasteiger partial charge in [-0.3, -0.25) is 9.59 Å². The summed E-state index contributed by atoms with van der Waals surface area (Å²) in [7, 11) is 0. The fourth-order valence-electron chi connectivity index (χ4n) is 3.31. The minimum absolute atomic E-state index is 0.0535. The molecule has 22 heavy (non-hydrogen) atoms. The van der Waals surface area contributed by atoms with Crippen molar-refractivity contribution in [3.8, 4) is 0 Å². The first kappa shape index (κ1) is 15.0. The van der Waals surface area contributed by atoms with E-state index in [2.05, 4.69) is 16.0 Å². The Labute approximate surface area is 130 Å². The molecule has 1 saturated heterocycles. The number of carbonyl (C=O) groups excluding carboxylic acids is 2. The average molecular weight is 301 g/mol. The standard InChI is InChI=1S/C17H23N3O2/c1-11-6-8-12(9-7-11)18-16(21)10-15-17(22)20-14-5-3-2-4-13(14)19-15/h6-9,13-15,19H,2-5,10H2,1H3,(H,18,21)(H,20,22)/t13-,14+,15+/m0/s1. The van der Waals surface area contributed by atoms with Gasteiger partial charge in [0.15, 0.2) is 0 Å². The van der Waals surface area contributed by atoms with Crippen LogP contribution in [-0.2, 0) is 9.59 Å². The van der Waals surface area contributed by atoms with Crippen molar-refractivity contribution in [3.05, 3.63) is 29.8 Å². The van der Waals surface area contributed by atoms with Crippen LogP contribution in [0.15, 0.2) is 24.3 Å². The number of hydrogen-bond donors (Lipinski definition) is 3. The van der Waals surface area contributed by atoms with Gasteiger partial charge in [-0.25, -0.2) is 0 Å². The largest absolute Gasteiger partial charge is 0.350 e. The Bertz CT molecular complexity index is 556. The molecule has 0 bridgehead atoms. The summed E-state index contributed by atoms with van der Waals surface area (Å²) in [6, 6.07) is 7.77. The summed E-state index contributed by atoms with van der Waals surface area (Å²) >= 11 is 0. The first-order valence-corrected chi connectivity index (χ1v) is 8.05. The van der Waals surface area contributed by atoms with E-state index >= 15 is 0 Å². The van der Waals surface area contributed by atoms with Crippen LogP contribution in [-0.4, -0.2) is 29.9 Å². The van der Waals surface area contributed by atoms with Gasteiger partial charge in [0.05, 0.1) is 12.5 Å². The van der Waals surface area contributed by atoms with E-state index in [1.165, 1.54) is 12.8 Å². The topological polar surface area (TPSA) is 70.2 Å². The number of amides is 2. The molecule has 2 amide bonds. The summed E-state index contributed by atoms with van der Waals surface area (Å²) in [5.74, 6) is -0.187. The molecule has 1 aromatic carbocycles. The molecule has 3 N–H and O–H groups in total.